The minimum absolute atomic E-state index is 0.255. The number of aromatic nitrogens is 2. The van der Waals surface area contributed by atoms with Crippen molar-refractivity contribution in [3.63, 3.8) is 0 Å². The number of hydrogen-bond donors (Lipinski definition) is 1. The Morgan fingerprint density at radius 3 is 2.70 bits per heavy atom. The SMILES string of the molecule is CCc1ccc(NC(=O)COC(=O)c2cc(-c3cccs3)nc3onc(C)c23)cc1. The minimum Gasteiger partial charge on any atom is -0.452 e. The van der Waals surface area contributed by atoms with Gasteiger partial charge in [-0.1, -0.05) is 30.3 Å². The van der Waals surface area contributed by atoms with Crippen LogP contribution in [0, 0.1) is 6.92 Å². The van der Waals surface area contributed by atoms with Gasteiger partial charge in [0.15, 0.2) is 6.61 Å². The number of nitrogens with one attached hydrogen (secondary N) is 1. The summed E-state index contributed by atoms with van der Waals surface area (Å²) >= 11 is 1.49. The summed E-state index contributed by atoms with van der Waals surface area (Å²) in [6, 6.07) is 13.0. The van der Waals surface area contributed by atoms with Crippen LogP contribution in [0.4, 0.5) is 5.69 Å². The lowest BCUT2D eigenvalue weighted by atomic mass is 10.1. The van der Waals surface area contributed by atoms with Crippen LogP contribution in [0.5, 0.6) is 0 Å². The zero-order chi connectivity index (χ0) is 21.1. The van der Waals surface area contributed by atoms with E-state index in [0.29, 0.717) is 22.5 Å². The first kappa shape index (κ1) is 19.8. The van der Waals surface area contributed by atoms with Crippen LogP contribution in [-0.4, -0.2) is 28.6 Å². The number of hydrogen-bond acceptors (Lipinski definition) is 7. The molecule has 0 spiro atoms. The van der Waals surface area contributed by atoms with E-state index in [-0.39, 0.29) is 11.3 Å². The first-order valence-electron chi connectivity index (χ1n) is 9.42. The first-order chi connectivity index (χ1) is 14.5. The van der Waals surface area contributed by atoms with E-state index in [4.69, 9.17) is 9.26 Å². The molecule has 7 nitrogen and oxygen atoms in total. The highest BCUT2D eigenvalue weighted by Crippen LogP contribution is 2.29. The number of benzene rings is 1. The lowest BCUT2D eigenvalue weighted by Crippen LogP contribution is -2.21. The van der Waals surface area contributed by atoms with Crippen molar-refractivity contribution in [2.24, 2.45) is 0 Å². The molecule has 0 saturated carbocycles. The van der Waals surface area contributed by atoms with Crippen LogP contribution in [0.15, 0.2) is 52.4 Å². The second-order valence-electron chi connectivity index (χ2n) is 6.66. The average molecular weight is 421 g/mol. The highest BCUT2D eigenvalue weighted by Gasteiger charge is 2.21. The molecule has 8 heteroatoms. The molecule has 1 N–H and O–H groups in total. The van der Waals surface area contributed by atoms with Crippen LogP contribution < -0.4 is 5.32 Å². The standard InChI is InChI=1S/C22H19N3O4S/c1-3-14-6-8-15(9-7-14)23-19(26)12-28-22(27)16-11-17(18-5-4-10-30-18)24-21-20(16)13(2)25-29-21/h4-11H,3,12H2,1-2H3,(H,23,26). The zero-order valence-corrected chi connectivity index (χ0v) is 17.3. The molecule has 152 valence electrons. The summed E-state index contributed by atoms with van der Waals surface area (Å²) in [4.78, 5) is 30.3. The molecular formula is C22H19N3O4S. The van der Waals surface area contributed by atoms with Crippen molar-refractivity contribution in [1.29, 1.82) is 0 Å². The van der Waals surface area contributed by atoms with Gasteiger partial charge in [-0.2, -0.15) is 0 Å². The number of esters is 1. The lowest BCUT2D eigenvalue weighted by molar-refractivity contribution is -0.119. The minimum atomic E-state index is -0.636. The van der Waals surface area contributed by atoms with Gasteiger partial charge in [-0.05, 0) is 48.6 Å². The quantitative estimate of drug-likeness (QED) is 0.457. The van der Waals surface area contributed by atoms with Crippen LogP contribution in [0.2, 0.25) is 0 Å². The Kier molecular flexibility index (Phi) is 5.58. The number of nitrogens with zero attached hydrogens (tertiary/aromatic N) is 2. The van der Waals surface area contributed by atoms with E-state index in [1.807, 2.05) is 41.8 Å². The van der Waals surface area contributed by atoms with E-state index in [9.17, 15) is 9.59 Å². The number of carbonyl (C=O) groups excluding carboxylic acids is 2. The Labute approximate surface area is 176 Å². The second kappa shape index (κ2) is 8.46. The molecule has 0 bridgehead atoms. The number of fused-ring (bicyclic) bond motifs is 1. The molecule has 4 rings (SSSR count). The molecule has 0 aliphatic heterocycles. The van der Waals surface area contributed by atoms with Gasteiger partial charge in [0.2, 0.25) is 0 Å². The Balaban J connectivity index is 1.51. The van der Waals surface area contributed by atoms with Gasteiger partial charge in [0.05, 0.1) is 27.2 Å². The van der Waals surface area contributed by atoms with E-state index >= 15 is 0 Å². The van der Waals surface area contributed by atoms with Crippen LogP contribution in [0.3, 0.4) is 0 Å². The second-order valence-corrected chi connectivity index (χ2v) is 7.60. The van der Waals surface area contributed by atoms with Crippen LogP contribution in [0.1, 0.15) is 28.5 Å². The molecule has 0 unspecified atom stereocenters. The van der Waals surface area contributed by atoms with Crippen molar-refractivity contribution in [3.05, 3.63) is 64.7 Å². The van der Waals surface area contributed by atoms with Crippen molar-refractivity contribution in [3.8, 4) is 10.6 Å². The summed E-state index contributed by atoms with van der Waals surface area (Å²) < 4.78 is 10.5. The van der Waals surface area contributed by atoms with Gasteiger partial charge < -0.3 is 14.6 Å². The molecule has 0 fully saturated rings. The van der Waals surface area contributed by atoms with Gasteiger partial charge in [0, 0.05) is 5.69 Å². The maximum atomic E-state index is 12.8. The summed E-state index contributed by atoms with van der Waals surface area (Å²) in [5.41, 5.74) is 3.46. The van der Waals surface area contributed by atoms with E-state index < -0.39 is 18.5 Å². The molecule has 3 aromatic heterocycles. The van der Waals surface area contributed by atoms with E-state index in [2.05, 4.69) is 22.4 Å². The number of thiophene rings is 1. The Morgan fingerprint density at radius 1 is 1.20 bits per heavy atom. The Bertz CT molecular complexity index is 1200. The third-order valence-corrected chi connectivity index (χ3v) is 5.48. The normalized spacial score (nSPS) is 10.9. The molecular weight excluding hydrogens is 402 g/mol. The van der Waals surface area contributed by atoms with Gasteiger partial charge in [-0.25, -0.2) is 9.78 Å². The lowest BCUT2D eigenvalue weighted by Gasteiger charge is -2.08. The third kappa shape index (κ3) is 4.08. The van der Waals surface area contributed by atoms with Crippen LogP contribution in [0.25, 0.3) is 21.7 Å². The molecule has 0 saturated heterocycles. The summed E-state index contributed by atoms with van der Waals surface area (Å²) in [5, 5.41) is 9.03. The van der Waals surface area contributed by atoms with Gasteiger partial charge in [-0.3, -0.25) is 4.79 Å². The molecule has 4 aromatic rings. The van der Waals surface area contributed by atoms with Crippen molar-refractivity contribution in [2.45, 2.75) is 20.3 Å². The largest absolute Gasteiger partial charge is 0.452 e. The van der Waals surface area contributed by atoms with E-state index in [1.54, 1.807) is 13.0 Å². The third-order valence-electron chi connectivity index (χ3n) is 4.59. The number of rotatable bonds is 6. The molecule has 0 radical (unpaired) electrons. The molecule has 0 aliphatic rings. The number of carbonyl (C=O) groups is 2. The van der Waals surface area contributed by atoms with Crippen molar-refractivity contribution >= 4 is 40.0 Å². The maximum absolute atomic E-state index is 12.8. The molecule has 0 aliphatic carbocycles. The summed E-state index contributed by atoms with van der Waals surface area (Å²) in [6.07, 6.45) is 0.919. The maximum Gasteiger partial charge on any atom is 0.339 e. The molecule has 1 amide bonds. The number of aryl methyl sites for hydroxylation is 2. The van der Waals surface area contributed by atoms with Crippen molar-refractivity contribution < 1.29 is 18.8 Å². The average Bonchev–Trinajstić information content (AvgIpc) is 3.42. The van der Waals surface area contributed by atoms with E-state index in [1.165, 1.54) is 16.9 Å². The smallest absolute Gasteiger partial charge is 0.339 e. The molecule has 3 heterocycles. The van der Waals surface area contributed by atoms with Crippen molar-refractivity contribution in [1.82, 2.24) is 10.1 Å². The fraction of sp³-hybridized carbons (Fsp3) is 0.182. The van der Waals surface area contributed by atoms with Gasteiger partial charge in [-0.15, -0.1) is 11.3 Å². The van der Waals surface area contributed by atoms with Crippen molar-refractivity contribution in [2.75, 3.05) is 11.9 Å². The fourth-order valence-electron chi connectivity index (χ4n) is 3.04. The summed E-state index contributed by atoms with van der Waals surface area (Å²) in [6.45, 7) is 3.38. The van der Waals surface area contributed by atoms with Crippen LogP contribution >= 0.6 is 11.3 Å². The molecule has 0 atom stereocenters. The Hall–Kier alpha value is -3.52. The van der Waals surface area contributed by atoms with Gasteiger partial charge in [0.1, 0.15) is 0 Å². The highest BCUT2D eigenvalue weighted by atomic mass is 32.1. The van der Waals surface area contributed by atoms with E-state index in [0.717, 1.165) is 11.3 Å². The monoisotopic (exact) mass is 421 g/mol. The predicted octanol–water partition coefficient (Wildman–Crippen LogP) is 4.62. The number of ether oxygens (including phenoxy) is 1. The van der Waals surface area contributed by atoms with Gasteiger partial charge >= 0.3 is 5.97 Å². The molecule has 1 aromatic carbocycles. The predicted molar refractivity (Wildman–Crippen MR) is 115 cm³/mol. The van der Waals surface area contributed by atoms with Gasteiger partial charge in [0.25, 0.3) is 11.6 Å². The topological polar surface area (TPSA) is 94.3 Å². The number of amides is 1. The van der Waals surface area contributed by atoms with Crippen LogP contribution in [-0.2, 0) is 16.0 Å². The summed E-state index contributed by atoms with van der Waals surface area (Å²) in [7, 11) is 0. The fourth-order valence-corrected chi connectivity index (χ4v) is 3.72. The number of pyridine rings is 1. The highest BCUT2D eigenvalue weighted by molar-refractivity contribution is 7.13. The summed E-state index contributed by atoms with van der Waals surface area (Å²) in [5.74, 6) is -1.05. The molecule has 30 heavy (non-hydrogen) atoms. The first-order valence-corrected chi connectivity index (χ1v) is 10.3. The Morgan fingerprint density at radius 2 is 2.00 bits per heavy atom. The zero-order valence-electron chi connectivity index (χ0n) is 16.5. The number of anilines is 1.